The smallest absolute Gasteiger partial charge is 0.335 e. The van der Waals surface area contributed by atoms with Gasteiger partial charge in [-0.1, -0.05) is 204 Å². The highest BCUT2D eigenvalue weighted by molar-refractivity contribution is 5.74. The van der Waals surface area contributed by atoms with E-state index in [1.807, 2.05) is 0 Å². The van der Waals surface area contributed by atoms with E-state index in [0.717, 1.165) is 135 Å². The van der Waals surface area contributed by atoms with Crippen molar-refractivity contribution in [1.29, 1.82) is 0 Å². The van der Waals surface area contributed by atoms with Crippen LogP contribution in [0.4, 0.5) is 0 Å². The second-order valence-electron chi connectivity index (χ2n) is 20.2. The standard InChI is InChI=1S/C71H106O12/c1-4-7-10-13-16-19-22-25-28-30-32-34-37-39-42-45-48-51-54-57-63(72)79-60-62(81-64(73)58-55-52-49-46-43-41-38-35-33-31-29-26-23-20-17-14-11-8-5-2)61-80-71-69(67(76)66(75)68(83-71)70(77)78)82-65(74)59-56-53-50-47-44-40-36-27-24-21-18-15-12-9-6-3/h7-12,16-21,25-29,32-36,39,41-44,47,62,66-69,71,75-76H,4-6,13-15,22-24,30-31,37-38,40,45-46,48-61H2,1-3H3,(H,77,78)/b10-7-,11-8-,12-9-,19-16-,20-17-,21-18-,28-25-,29-26-,34-32-,35-33-,36-27-,42-39-,43-41-,47-44-. The van der Waals surface area contributed by atoms with Crippen molar-refractivity contribution in [2.75, 3.05) is 13.2 Å². The molecule has 6 unspecified atom stereocenters. The molecule has 83 heavy (non-hydrogen) atoms. The molecule has 0 saturated carbocycles. The summed E-state index contributed by atoms with van der Waals surface area (Å²) < 4.78 is 28.4. The van der Waals surface area contributed by atoms with Gasteiger partial charge in [0.2, 0.25) is 0 Å². The van der Waals surface area contributed by atoms with E-state index in [-0.39, 0.29) is 25.9 Å². The molecule has 1 saturated heterocycles. The Morgan fingerprint density at radius 3 is 1.10 bits per heavy atom. The summed E-state index contributed by atoms with van der Waals surface area (Å²) in [6.07, 6.45) is 71.7. The minimum Gasteiger partial charge on any atom is -0.479 e. The molecule has 0 spiro atoms. The minimum atomic E-state index is -1.94. The summed E-state index contributed by atoms with van der Waals surface area (Å²) >= 11 is 0. The third kappa shape index (κ3) is 46.2. The summed E-state index contributed by atoms with van der Waals surface area (Å²) in [5.41, 5.74) is 0. The van der Waals surface area contributed by atoms with Gasteiger partial charge < -0.3 is 39.0 Å². The molecule has 1 aliphatic heterocycles. The average molecular weight is 1150 g/mol. The van der Waals surface area contributed by atoms with Crippen LogP contribution in [0.2, 0.25) is 0 Å². The van der Waals surface area contributed by atoms with Crippen molar-refractivity contribution >= 4 is 23.9 Å². The van der Waals surface area contributed by atoms with Crippen LogP contribution in [0.25, 0.3) is 0 Å². The predicted octanol–water partition coefficient (Wildman–Crippen LogP) is 16.7. The number of aliphatic carboxylic acids is 1. The Balaban J connectivity index is 2.77. The van der Waals surface area contributed by atoms with Crippen LogP contribution in [0.1, 0.15) is 201 Å². The molecular formula is C71H106O12. The molecule has 0 aliphatic carbocycles. The molecule has 1 fully saturated rings. The molecule has 6 atom stereocenters. The van der Waals surface area contributed by atoms with Gasteiger partial charge in [-0.15, -0.1) is 0 Å². The number of carbonyl (C=O) groups excluding carboxylic acids is 3. The molecule has 0 aromatic carbocycles. The van der Waals surface area contributed by atoms with E-state index in [4.69, 9.17) is 23.7 Å². The van der Waals surface area contributed by atoms with E-state index >= 15 is 0 Å². The SMILES string of the molecule is CC/C=C\C/C=C\C/C=C\C/C=C\C/C=C\CCCCCC(=O)OCC(COC1OC(C(=O)O)C(O)C(O)C1OC(=O)CCCC/C=C\C/C=C\C/C=C\C/C=C\CC)OC(=O)CCCCC/C=C\C/C=C\C/C=C\C/C=C\C/C=C\CC. The van der Waals surface area contributed by atoms with Gasteiger partial charge in [-0.05, 0) is 148 Å². The lowest BCUT2D eigenvalue weighted by molar-refractivity contribution is -0.301. The first-order valence-corrected chi connectivity index (χ1v) is 31.1. The zero-order chi connectivity index (χ0) is 60.3. The second-order valence-corrected chi connectivity index (χ2v) is 20.2. The van der Waals surface area contributed by atoms with Gasteiger partial charge in [0.05, 0.1) is 6.61 Å². The van der Waals surface area contributed by atoms with E-state index in [2.05, 4.69) is 191 Å². The molecule has 1 rings (SSSR count). The highest BCUT2D eigenvalue weighted by Crippen LogP contribution is 2.26. The Morgan fingerprint density at radius 2 is 0.723 bits per heavy atom. The van der Waals surface area contributed by atoms with Crippen LogP contribution < -0.4 is 0 Å². The number of esters is 3. The van der Waals surface area contributed by atoms with Crippen LogP contribution in [0, 0.1) is 0 Å². The number of unbranched alkanes of at least 4 members (excludes halogenated alkanes) is 8. The zero-order valence-electron chi connectivity index (χ0n) is 50.9. The third-order valence-electron chi connectivity index (χ3n) is 12.8. The number of hydrogen-bond acceptors (Lipinski definition) is 11. The topological polar surface area (TPSA) is 175 Å². The summed E-state index contributed by atoms with van der Waals surface area (Å²) in [5.74, 6) is -3.30. The number of allylic oxidation sites excluding steroid dienone is 28. The van der Waals surface area contributed by atoms with Gasteiger partial charge in [0, 0.05) is 19.3 Å². The van der Waals surface area contributed by atoms with E-state index in [9.17, 15) is 34.5 Å². The molecule has 1 aliphatic rings. The van der Waals surface area contributed by atoms with Gasteiger partial charge in [-0.25, -0.2) is 4.79 Å². The Labute approximate surface area is 500 Å². The van der Waals surface area contributed by atoms with Crippen molar-refractivity contribution in [2.24, 2.45) is 0 Å². The molecule has 462 valence electrons. The number of aliphatic hydroxyl groups excluding tert-OH is 2. The first-order valence-electron chi connectivity index (χ1n) is 31.1. The molecule has 1 heterocycles. The highest BCUT2D eigenvalue weighted by atomic mass is 16.7. The van der Waals surface area contributed by atoms with E-state index < -0.39 is 67.3 Å². The third-order valence-corrected chi connectivity index (χ3v) is 12.8. The van der Waals surface area contributed by atoms with Crippen molar-refractivity contribution in [2.45, 2.75) is 237 Å². The number of carbonyl (C=O) groups is 4. The van der Waals surface area contributed by atoms with Crippen LogP contribution in [-0.4, -0.2) is 89.2 Å². The number of carboxylic acid groups (broad SMARTS) is 1. The van der Waals surface area contributed by atoms with Crippen molar-refractivity contribution in [3.63, 3.8) is 0 Å². The van der Waals surface area contributed by atoms with Crippen LogP contribution in [0.3, 0.4) is 0 Å². The summed E-state index contributed by atoms with van der Waals surface area (Å²) in [5, 5.41) is 31.5. The minimum absolute atomic E-state index is 0.0101. The fourth-order valence-corrected chi connectivity index (χ4v) is 8.12. The molecule has 3 N–H and O–H groups in total. The maximum atomic E-state index is 13.2. The Morgan fingerprint density at radius 1 is 0.398 bits per heavy atom. The Kier molecular flexibility index (Phi) is 51.2. The zero-order valence-corrected chi connectivity index (χ0v) is 50.9. The van der Waals surface area contributed by atoms with Gasteiger partial charge in [-0.3, -0.25) is 14.4 Å². The van der Waals surface area contributed by atoms with Gasteiger partial charge >= 0.3 is 23.9 Å². The largest absolute Gasteiger partial charge is 0.479 e. The molecule has 0 aromatic heterocycles. The van der Waals surface area contributed by atoms with Gasteiger partial charge in [-0.2, -0.15) is 0 Å². The van der Waals surface area contributed by atoms with Gasteiger partial charge in [0.25, 0.3) is 0 Å². The quantitative estimate of drug-likeness (QED) is 0.0228. The van der Waals surface area contributed by atoms with Crippen LogP contribution in [0.5, 0.6) is 0 Å². The van der Waals surface area contributed by atoms with Crippen LogP contribution in [0.15, 0.2) is 170 Å². The second kappa shape index (κ2) is 56.6. The van der Waals surface area contributed by atoms with E-state index in [1.165, 1.54) is 0 Å². The molecular weight excluding hydrogens is 1040 g/mol. The molecule has 0 amide bonds. The summed E-state index contributed by atoms with van der Waals surface area (Å²) in [7, 11) is 0. The maximum Gasteiger partial charge on any atom is 0.335 e. The predicted molar refractivity (Wildman–Crippen MR) is 339 cm³/mol. The molecule has 12 heteroatoms. The lowest BCUT2D eigenvalue weighted by Crippen LogP contribution is -2.61. The Bertz CT molecular complexity index is 2090. The van der Waals surface area contributed by atoms with Gasteiger partial charge in [0.1, 0.15) is 18.8 Å². The summed E-state index contributed by atoms with van der Waals surface area (Å²) in [6.45, 7) is 5.56. The fourth-order valence-electron chi connectivity index (χ4n) is 8.12. The molecule has 12 nitrogen and oxygen atoms in total. The molecule has 0 bridgehead atoms. The summed E-state index contributed by atoms with van der Waals surface area (Å²) in [6, 6.07) is 0. The van der Waals surface area contributed by atoms with Gasteiger partial charge in [0.15, 0.2) is 24.6 Å². The number of ether oxygens (including phenoxy) is 5. The van der Waals surface area contributed by atoms with Crippen molar-refractivity contribution in [3.8, 4) is 0 Å². The summed E-state index contributed by atoms with van der Waals surface area (Å²) in [4.78, 5) is 51.3. The molecule has 0 radical (unpaired) electrons. The monoisotopic (exact) mass is 1150 g/mol. The number of hydrogen-bond donors (Lipinski definition) is 3. The van der Waals surface area contributed by atoms with Crippen LogP contribution >= 0.6 is 0 Å². The number of carboxylic acids is 1. The molecule has 0 aromatic rings. The van der Waals surface area contributed by atoms with Crippen molar-refractivity contribution in [3.05, 3.63) is 170 Å². The average Bonchev–Trinajstić information content (AvgIpc) is 3.58. The number of rotatable bonds is 50. The lowest BCUT2D eigenvalue weighted by atomic mass is 9.98. The van der Waals surface area contributed by atoms with Crippen molar-refractivity contribution < 1.29 is 58.2 Å². The van der Waals surface area contributed by atoms with E-state index in [0.29, 0.717) is 25.7 Å². The number of aliphatic hydroxyl groups is 2. The first kappa shape index (κ1) is 75.1. The fraction of sp³-hybridized carbons (Fsp3) is 0.549. The van der Waals surface area contributed by atoms with Crippen molar-refractivity contribution in [1.82, 2.24) is 0 Å². The normalized spacial score (nSPS) is 18.8. The Hall–Kier alpha value is -5.92. The highest BCUT2D eigenvalue weighted by Gasteiger charge is 2.50. The maximum absolute atomic E-state index is 13.2. The lowest BCUT2D eigenvalue weighted by Gasteiger charge is -2.40. The van der Waals surface area contributed by atoms with Crippen LogP contribution in [-0.2, 0) is 42.9 Å². The van der Waals surface area contributed by atoms with E-state index in [1.54, 1.807) is 0 Å². The first-order chi connectivity index (χ1) is 40.6.